The third-order valence-corrected chi connectivity index (χ3v) is 5.40. The van der Waals surface area contributed by atoms with Crippen LogP contribution < -0.4 is 5.32 Å². The molecule has 2 atom stereocenters. The minimum atomic E-state index is -0.847. The van der Waals surface area contributed by atoms with E-state index in [4.69, 9.17) is 9.47 Å². The van der Waals surface area contributed by atoms with Crippen molar-refractivity contribution in [1.29, 1.82) is 0 Å². The first-order valence-corrected chi connectivity index (χ1v) is 10.0. The first-order valence-electron chi connectivity index (χ1n) is 8.00. The number of nitrogens with one attached hydrogen (secondary N) is 1. The van der Waals surface area contributed by atoms with E-state index in [1.165, 1.54) is 0 Å². The van der Waals surface area contributed by atoms with Gasteiger partial charge in [-0.25, -0.2) is 9.59 Å². The maximum absolute atomic E-state index is 12.4. The molecule has 7 heteroatoms. The number of amides is 1. The summed E-state index contributed by atoms with van der Waals surface area (Å²) >= 11 is 6.45. The SMILES string of the molecule is O=C(N[C@@H](Cc1ccccc1)C(=O)OC(Br)CBr)OCc1ccccc1. The Kier molecular flexibility index (Phi) is 8.64. The Morgan fingerprint density at radius 3 is 2.12 bits per heavy atom. The molecule has 1 amide bonds. The van der Waals surface area contributed by atoms with Gasteiger partial charge in [-0.1, -0.05) is 76.6 Å². The summed E-state index contributed by atoms with van der Waals surface area (Å²) < 4.78 is 10.5. The average Bonchev–Trinajstić information content (AvgIpc) is 2.67. The van der Waals surface area contributed by atoms with Gasteiger partial charge in [0.15, 0.2) is 5.01 Å². The molecule has 2 rings (SSSR count). The van der Waals surface area contributed by atoms with Gasteiger partial charge in [0, 0.05) is 6.42 Å². The Hall–Kier alpha value is -1.86. The van der Waals surface area contributed by atoms with Crippen molar-refractivity contribution < 1.29 is 19.1 Å². The van der Waals surface area contributed by atoms with Crippen molar-refractivity contribution >= 4 is 43.9 Å². The van der Waals surface area contributed by atoms with E-state index in [0.717, 1.165) is 11.1 Å². The molecule has 0 aliphatic heterocycles. The summed E-state index contributed by atoms with van der Waals surface area (Å²) in [5.41, 5.74) is 1.77. The van der Waals surface area contributed by atoms with E-state index in [-0.39, 0.29) is 6.61 Å². The molecule has 0 saturated heterocycles. The molecule has 0 aliphatic rings. The van der Waals surface area contributed by atoms with E-state index in [9.17, 15) is 9.59 Å². The quantitative estimate of drug-likeness (QED) is 0.450. The lowest BCUT2D eigenvalue weighted by Gasteiger charge is -2.19. The van der Waals surface area contributed by atoms with Gasteiger partial charge in [-0.3, -0.25) is 0 Å². The number of benzene rings is 2. The Morgan fingerprint density at radius 1 is 0.962 bits per heavy atom. The Labute approximate surface area is 169 Å². The number of halogens is 2. The molecule has 0 aliphatic carbocycles. The number of alkyl halides is 2. The number of rotatable bonds is 8. The zero-order valence-electron chi connectivity index (χ0n) is 13.9. The zero-order chi connectivity index (χ0) is 18.8. The van der Waals surface area contributed by atoms with E-state index < -0.39 is 23.1 Å². The molecule has 0 aromatic heterocycles. The van der Waals surface area contributed by atoms with Gasteiger partial charge >= 0.3 is 12.1 Å². The molecular weight excluding hydrogens is 466 g/mol. The van der Waals surface area contributed by atoms with Gasteiger partial charge in [-0.05, 0) is 27.1 Å². The molecule has 1 N–H and O–H groups in total. The van der Waals surface area contributed by atoms with Crippen LogP contribution in [-0.2, 0) is 27.3 Å². The molecule has 0 radical (unpaired) electrons. The number of hydrogen-bond donors (Lipinski definition) is 1. The third-order valence-electron chi connectivity index (χ3n) is 3.44. The molecule has 2 aromatic carbocycles. The van der Waals surface area contributed by atoms with E-state index in [1.807, 2.05) is 60.7 Å². The Morgan fingerprint density at radius 2 is 1.54 bits per heavy atom. The van der Waals surface area contributed by atoms with Crippen molar-refractivity contribution in [2.24, 2.45) is 0 Å². The van der Waals surface area contributed by atoms with Gasteiger partial charge in [-0.15, -0.1) is 0 Å². The summed E-state index contributed by atoms with van der Waals surface area (Å²) in [6.45, 7) is 0.127. The fraction of sp³-hybridized carbons (Fsp3) is 0.263. The molecule has 0 spiro atoms. The lowest BCUT2D eigenvalue weighted by molar-refractivity contribution is -0.146. The standard InChI is InChI=1S/C19H19Br2NO4/c20-12-17(21)26-18(23)16(11-14-7-3-1-4-8-14)22-19(24)25-13-15-9-5-2-6-10-15/h1-10,16-17H,11-13H2,(H,22,24)/t16-,17?/m0/s1. The zero-order valence-corrected chi connectivity index (χ0v) is 17.1. The van der Waals surface area contributed by atoms with E-state index >= 15 is 0 Å². The summed E-state index contributed by atoms with van der Waals surface area (Å²) in [7, 11) is 0. The van der Waals surface area contributed by atoms with Crippen LogP contribution in [-0.4, -0.2) is 28.4 Å². The molecule has 138 valence electrons. The maximum atomic E-state index is 12.4. The Balaban J connectivity index is 1.97. The number of carbonyl (C=O) groups is 2. The van der Waals surface area contributed by atoms with E-state index in [1.54, 1.807) is 0 Å². The highest BCUT2D eigenvalue weighted by molar-refractivity contribution is 9.12. The monoisotopic (exact) mass is 483 g/mol. The van der Waals surface area contributed by atoms with Crippen molar-refractivity contribution in [3.63, 3.8) is 0 Å². The molecule has 26 heavy (non-hydrogen) atoms. The molecule has 0 heterocycles. The summed E-state index contributed by atoms with van der Waals surface area (Å²) in [5, 5.41) is 2.56. The van der Waals surface area contributed by atoms with Crippen LogP contribution in [0.3, 0.4) is 0 Å². The topological polar surface area (TPSA) is 64.6 Å². The predicted octanol–water partition coefficient (Wildman–Crippen LogP) is 4.18. The number of hydrogen-bond acceptors (Lipinski definition) is 4. The van der Waals surface area contributed by atoms with Crippen LogP contribution in [0.4, 0.5) is 4.79 Å². The summed E-state index contributed by atoms with van der Waals surface area (Å²) in [6, 6.07) is 17.9. The number of esters is 1. The maximum Gasteiger partial charge on any atom is 0.408 e. The van der Waals surface area contributed by atoms with Gasteiger partial charge in [0.05, 0.1) is 5.33 Å². The van der Waals surface area contributed by atoms with Crippen molar-refractivity contribution in [2.45, 2.75) is 24.1 Å². The second-order valence-electron chi connectivity index (χ2n) is 5.45. The average molecular weight is 485 g/mol. The van der Waals surface area contributed by atoms with Crippen LogP contribution >= 0.6 is 31.9 Å². The van der Waals surface area contributed by atoms with E-state index in [2.05, 4.69) is 37.2 Å². The fourth-order valence-electron chi connectivity index (χ4n) is 2.19. The van der Waals surface area contributed by atoms with Crippen LogP contribution in [0.2, 0.25) is 0 Å². The van der Waals surface area contributed by atoms with Crippen molar-refractivity contribution in [3.8, 4) is 0 Å². The normalized spacial score (nSPS) is 12.7. The van der Waals surface area contributed by atoms with Crippen LogP contribution in [0.1, 0.15) is 11.1 Å². The molecule has 0 fully saturated rings. The highest BCUT2D eigenvalue weighted by Crippen LogP contribution is 2.11. The first-order chi connectivity index (χ1) is 12.6. The second kappa shape index (κ2) is 11.0. The van der Waals surface area contributed by atoms with Crippen LogP contribution in [0.15, 0.2) is 60.7 Å². The van der Waals surface area contributed by atoms with Crippen molar-refractivity contribution in [1.82, 2.24) is 5.32 Å². The molecule has 0 bridgehead atoms. The molecule has 1 unspecified atom stereocenters. The molecule has 2 aromatic rings. The number of ether oxygens (including phenoxy) is 2. The highest BCUT2D eigenvalue weighted by atomic mass is 79.9. The highest BCUT2D eigenvalue weighted by Gasteiger charge is 2.25. The largest absolute Gasteiger partial charge is 0.448 e. The Bertz CT molecular complexity index is 697. The van der Waals surface area contributed by atoms with Gasteiger partial charge < -0.3 is 14.8 Å². The predicted molar refractivity (Wildman–Crippen MR) is 106 cm³/mol. The van der Waals surface area contributed by atoms with Crippen molar-refractivity contribution in [3.05, 3.63) is 71.8 Å². The van der Waals surface area contributed by atoms with Gasteiger partial charge in [0.2, 0.25) is 0 Å². The van der Waals surface area contributed by atoms with Crippen LogP contribution in [0.5, 0.6) is 0 Å². The number of carbonyl (C=O) groups excluding carboxylic acids is 2. The smallest absolute Gasteiger partial charge is 0.408 e. The van der Waals surface area contributed by atoms with Crippen molar-refractivity contribution in [2.75, 3.05) is 5.33 Å². The van der Waals surface area contributed by atoms with Crippen LogP contribution in [0.25, 0.3) is 0 Å². The minimum absolute atomic E-state index is 0.127. The second-order valence-corrected chi connectivity index (χ2v) is 7.12. The molecule has 5 nitrogen and oxygen atoms in total. The number of alkyl carbamates (subject to hydrolysis) is 1. The third kappa shape index (κ3) is 7.17. The first kappa shape index (κ1) is 20.5. The fourth-order valence-corrected chi connectivity index (χ4v) is 2.51. The van der Waals surface area contributed by atoms with Gasteiger partial charge in [0.25, 0.3) is 0 Å². The van der Waals surface area contributed by atoms with Gasteiger partial charge in [0.1, 0.15) is 12.6 Å². The minimum Gasteiger partial charge on any atom is -0.448 e. The van der Waals surface area contributed by atoms with Crippen LogP contribution in [0, 0.1) is 0 Å². The summed E-state index contributed by atoms with van der Waals surface area (Å²) in [6.07, 6.45) is -0.362. The summed E-state index contributed by atoms with van der Waals surface area (Å²) in [4.78, 5) is 24.5. The van der Waals surface area contributed by atoms with Gasteiger partial charge in [-0.2, -0.15) is 0 Å². The summed E-state index contributed by atoms with van der Waals surface area (Å²) in [5.74, 6) is -0.535. The molecular formula is C19H19Br2NO4. The van der Waals surface area contributed by atoms with E-state index in [0.29, 0.717) is 11.8 Å². The molecule has 0 saturated carbocycles. The lowest BCUT2D eigenvalue weighted by atomic mass is 10.1. The lowest BCUT2D eigenvalue weighted by Crippen LogP contribution is -2.44.